The van der Waals surface area contributed by atoms with E-state index in [2.05, 4.69) is 5.32 Å². The maximum absolute atomic E-state index is 14.3. The number of rotatable bonds is 13. The van der Waals surface area contributed by atoms with Gasteiger partial charge < -0.3 is 20.7 Å². The number of likely N-dealkylation sites (N-methyl/N-ethyl adjacent to an activating group) is 1. The van der Waals surface area contributed by atoms with Gasteiger partial charge in [0.2, 0.25) is 21.8 Å². The van der Waals surface area contributed by atoms with Gasteiger partial charge in [-0.05, 0) is 81.0 Å². The Morgan fingerprint density at radius 2 is 1.72 bits per heavy atom. The molecule has 1 atom stereocenters. The van der Waals surface area contributed by atoms with Crippen LogP contribution in [0.3, 0.4) is 0 Å². The van der Waals surface area contributed by atoms with Crippen molar-refractivity contribution in [2.75, 3.05) is 26.2 Å². The fourth-order valence-corrected chi connectivity index (χ4v) is 8.84. The normalized spacial score (nSPS) is 18.3. The average Bonchev–Trinajstić information content (AvgIpc) is 3.52. The van der Waals surface area contributed by atoms with Crippen LogP contribution in [0.15, 0.2) is 48.0 Å². The van der Waals surface area contributed by atoms with E-state index in [9.17, 15) is 26.8 Å². The van der Waals surface area contributed by atoms with Crippen molar-refractivity contribution in [2.45, 2.75) is 83.5 Å². The predicted molar refractivity (Wildman–Crippen MR) is 174 cm³/mol. The summed E-state index contributed by atoms with van der Waals surface area (Å²) in [6, 6.07) is 8.42. The fourth-order valence-electron chi connectivity index (χ4n) is 6.31. The average molecular weight is 681 g/mol. The predicted octanol–water partition coefficient (Wildman–Crippen LogP) is 4.98. The molecule has 1 aliphatic heterocycles. The Balaban J connectivity index is 1.72. The molecule has 0 unspecified atom stereocenters. The van der Waals surface area contributed by atoms with E-state index in [0.717, 1.165) is 31.0 Å². The number of hydrogen-bond acceptors (Lipinski definition) is 6. The van der Waals surface area contributed by atoms with Crippen LogP contribution in [0.5, 0.6) is 0 Å². The van der Waals surface area contributed by atoms with Crippen LogP contribution in [0.25, 0.3) is 4.91 Å². The zero-order chi connectivity index (χ0) is 33.9. The zero-order valence-corrected chi connectivity index (χ0v) is 28.3. The molecule has 9 nitrogen and oxygen atoms in total. The third-order valence-electron chi connectivity index (χ3n) is 8.53. The molecule has 4 rings (SSSR count). The first-order valence-electron chi connectivity index (χ1n) is 15.6. The van der Waals surface area contributed by atoms with Crippen LogP contribution in [0, 0.1) is 11.6 Å². The van der Waals surface area contributed by atoms with Gasteiger partial charge in [-0.25, -0.2) is 17.2 Å². The summed E-state index contributed by atoms with van der Waals surface area (Å²) < 4.78 is 63.4. The van der Waals surface area contributed by atoms with E-state index in [-0.39, 0.29) is 36.8 Å². The van der Waals surface area contributed by atoms with Crippen molar-refractivity contribution in [1.29, 1.82) is 0 Å². The molecule has 0 radical (unpaired) electrons. The number of carbonyl (C=O) groups is 2. The van der Waals surface area contributed by atoms with Crippen LogP contribution in [0.1, 0.15) is 70.9 Å². The number of nitrogens with two attached hydrogens (primary N) is 1. The quantitative estimate of drug-likeness (QED) is 0.308. The first kappa shape index (κ1) is 35.9. The van der Waals surface area contributed by atoms with Crippen molar-refractivity contribution in [2.24, 2.45) is 5.73 Å². The number of amides is 2. The number of carbonyl (C=O) groups excluding carboxylic acids is 2. The summed E-state index contributed by atoms with van der Waals surface area (Å²) in [5, 5.41) is 3.14. The Kier molecular flexibility index (Phi) is 11.3. The summed E-state index contributed by atoms with van der Waals surface area (Å²) in [4.78, 5) is 28.8. The SMILES string of the molecule is CCCN1C2(CCCC2)C(CN(CC)C(=O)[C@@H](COCc2cc(F)cc(F)c2)NC(=O)C(C)(C)N)=C(c2ccc(Cl)cc2)S1(=O)=O. The fraction of sp³-hybridized carbons (Fsp3) is 0.515. The lowest BCUT2D eigenvalue weighted by molar-refractivity contribution is -0.139. The number of nitrogens with one attached hydrogen (secondary N) is 1. The summed E-state index contributed by atoms with van der Waals surface area (Å²) >= 11 is 6.16. The van der Waals surface area contributed by atoms with E-state index in [0.29, 0.717) is 42.0 Å². The monoisotopic (exact) mass is 680 g/mol. The Bertz CT molecular complexity index is 1550. The van der Waals surface area contributed by atoms with Gasteiger partial charge in [-0.15, -0.1) is 0 Å². The first-order chi connectivity index (χ1) is 21.6. The second-order valence-corrected chi connectivity index (χ2v) is 14.8. The van der Waals surface area contributed by atoms with Crippen molar-refractivity contribution < 1.29 is 31.5 Å². The van der Waals surface area contributed by atoms with Gasteiger partial charge in [0.25, 0.3) is 0 Å². The number of nitrogens with zero attached hydrogens (tertiary/aromatic N) is 2. The van der Waals surface area contributed by atoms with E-state index in [1.54, 1.807) is 35.5 Å². The Labute approximate surface area is 275 Å². The smallest absolute Gasteiger partial charge is 0.247 e. The van der Waals surface area contributed by atoms with Crippen LogP contribution in [0.4, 0.5) is 8.78 Å². The second kappa shape index (κ2) is 14.5. The molecule has 1 fully saturated rings. The lowest BCUT2D eigenvalue weighted by Gasteiger charge is -2.38. The highest BCUT2D eigenvalue weighted by Crippen LogP contribution is 2.53. The standard InChI is InChI=1S/C33H43ClF2N4O5S/c1-5-15-40-33(13-7-8-14-33)27(29(46(40,43)44)23-9-11-24(34)12-10-23)19-39(6-2)30(41)28(38-31(42)32(3,4)37)21-45-20-22-16-25(35)18-26(36)17-22/h9-12,16-18,28H,5-8,13-15,19-21,37H2,1-4H3,(H,38,42)/t28-/m1/s1. The second-order valence-electron chi connectivity index (χ2n) is 12.5. The van der Waals surface area contributed by atoms with Gasteiger partial charge in [0.05, 0.1) is 29.2 Å². The molecule has 2 aromatic rings. The van der Waals surface area contributed by atoms with Crippen LogP contribution in [0.2, 0.25) is 5.02 Å². The zero-order valence-electron chi connectivity index (χ0n) is 26.7. The van der Waals surface area contributed by atoms with Crippen LogP contribution in [-0.2, 0) is 31.0 Å². The van der Waals surface area contributed by atoms with Gasteiger partial charge >= 0.3 is 0 Å². The highest BCUT2D eigenvalue weighted by atomic mass is 35.5. The van der Waals surface area contributed by atoms with Gasteiger partial charge in [-0.1, -0.05) is 43.5 Å². The van der Waals surface area contributed by atoms with Gasteiger partial charge in [-0.3, -0.25) is 9.59 Å². The highest BCUT2D eigenvalue weighted by Gasteiger charge is 2.56. The van der Waals surface area contributed by atoms with E-state index in [1.807, 2.05) is 6.92 Å². The summed E-state index contributed by atoms with van der Waals surface area (Å²) in [6.07, 6.45) is 3.55. The molecule has 0 bridgehead atoms. The molecule has 2 amide bonds. The molecule has 13 heteroatoms. The molecule has 2 aromatic carbocycles. The lowest BCUT2D eigenvalue weighted by Crippen LogP contribution is -2.58. The van der Waals surface area contributed by atoms with Crippen molar-refractivity contribution >= 4 is 38.3 Å². The summed E-state index contributed by atoms with van der Waals surface area (Å²) in [5.74, 6) is -2.65. The molecule has 1 aliphatic carbocycles. The third kappa shape index (κ3) is 7.62. The highest BCUT2D eigenvalue weighted by molar-refractivity contribution is 7.98. The van der Waals surface area contributed by atoms with Crippen LogP contribution < -0.4 is 11.1 Å². The summed E-state index contributed by atoms with van der Waals surface area (Å²) in [7, 11) is -3.93. The lowest BCUT2D eigenvalue weighted by atomic mass is 9.85. The van der Waals surface area contributed by atoms with Gasteiger partial charge in [0.15, 0.2) is 0 Å². The van der Waals surface area contributed by atoms with Gasteiger partial charge in [0, 0.05) is 30.7 Å². The largest absolute Gasteiger partial charge is 0.374 e. The van der Waals surface area contributed by atoms with E-state index >= 15 is 0 Å². The van der Waals surface area contributed by atoms with Crippen molar-refractivity contribution in [3.8, 4) is 0 Å². The van der Waals surface area contributed by atoms with Crippen molar-refractivity contribution in [1.82, 2.24) is 14.5 Å². The number of benzene rings is 2. The third-order valence-corrected chi connectivity index (χ3v) is 10.9. The molecule has 3 N–H and O–H groups in total. The number of halogens is 3. The van der Waals surface area contributed by atoms with Gasteiger partial charge in [-0.2, -0.15) is 4.31 Å². The minimum absolute atomic E-state index is 0.000232. The minimum atomic E-state index is -3.93. The van der Waals surface area contributed by atoms with E-state index < -0.39 is 50.6 Å². The summed E-state index contributed by atoms with van der Waals surface area (Å²) in [5.41, 5.74) is 5.26. The van der Waals surface area contributed by atoms with Crippen LogP contribution in [-0.4, -0.2) is 72.8 Å². The molecule has 46 heavy (non-hydrogen) atoms. The Morgan fingerprint density at radius 1 is 1.11 bits per heavy atom. The molecular weight excluding hydrogens is 638 g/mol. The van der Waals surface area contributed by atoms with E-state index in [1.165, 1.54) is 18.7 Å². The Morgan fingerprint density at radius 3 is 2.26 bits per heavy atom. The molecular formula is C33H43ClF2N4O5S. The maximum Gasteiger partial charge on any atom is 0.247 e. The molecule has 1 heterocycles. The first-order valence-corrected chi connectivity index (χ1v) is 17.4. The molecule has 1 saturated carbocycles. The molecule has 252 valence electrons. The van der Waals surface area contributed by atoms with Crippen LogP contribution >= 0.6 is 11.6 Å². The van der Waals surface area contributed by atoms with Gasteiger partial charge in [0.1, 0.15) is 17.7 Å². The molecule has 0 aromatic heterocycles. The molecule has 1 spiro atoms. The van der Waals surface area contributed by atoms with E-state index in [4.69, 9.17) is 22.1 Å². The molecule has 2 aliphatic rings. The Hall–Kier alpha value is -2.90. The topological polar surface area (TPSA) is 122 Å². The van der Waals surface area contributed by atoms with Crippen molar-refractivity contribution in [3.05, 3.63) is 75.8 Å². The number of hydrogen-bond donors (Lipinski definition) is 2. The number of ether oxygens (including phenoxy) is 1. The minimum Gasteiger partial charge on any atom is -0.374 e. The number of sulfonamides is 1. The van der Waals surface area contributed by atoms with Crippen molar-refractivity contribution in [3.63, 3.8) is 0 Å². The maximum atomic E-state index is 14.3. The molecule has 0 saturated heterocycles. The summed E-state index contributed by atoms with van der Waals surface area (Å²) in [6.45, 7) is 6.71.